The maximum absolute atomic E-state index is 6.67. The average Bonchev–Trinajstić information content (AvgIpc) is 2.99. The summed E-state index contributed by atoms with van der Waals surface area (Å²) in [5.74, 6) is 0. The number of hydrogen-bond acceptors (Lipinski definition) is 2. The first-order chi connectivity index (χ1) is 12.3. The Morgan fingerprint density at radius 3 is 2.58 bits per heavy atom. The van der Waals surface area contributed by atoms with Crippen molar-refractivity contribution in [2.45, 2.75) is 38.6 Å². The van der Waals surface area contributed by atoms with E-state index >= 15 is 0 Å². The molecule has 2 N–H and O–H groups in total. The summed E-state index contributed by atoms with van der Waals surface area (Å²) < 4.78 is 2.33. The lowest BCUT2D eigenvalue weighted by atomic mass is 9.84. The van der Waals surface area contributed by atoms with Gasteiger partial charge in [-0.25, -0.2) is 0 Å². The van der Waals surface area contributed by atoms with Gasteiger partial charge in [-0.3, -0.25) is 9.69 Å². The summed E-state index contributed by atoms with van der Waals surface area (Å²) >= 11 is 0. The zero-order chi connectivity index (χ0) is 17.0. The van der Waals surface area contributed by atoms with E-state index in [1.165, 1.54) is 51.8 Å². The van der Waals surface area contributed by atoms with Gasteiger partial charge in [-0.2, -0.15) is 0 Å². The number of fused-ring (bicyclic) bond motifs is 2. The molecule has 3 nitrogen and oxygen atoms in total. The summed E-state index contributed by atoms with van der Waals surface area (Å²) in [7, 11) is 0. The van der Waals surface area contributed by atoms with Crippen molar-refractivity contribution in [3.8, 4) is 0 Å². The lowest BCUT2D eigenvalue weighted by molar-refractivity contribution is 0.572. The molecule has 1 aliphatic heterocycles. The van der Waals surface area contributed by atoms with Crippen LogP contribution in [0.3, 0.4) is 0 Å². The molecule has 0 radical (unpaired) electrons. The Morgan fingerprint density at radius 1 is 0.962 bits per heavy atom. The number of aryl methyl sites for hydroxylation is 1. The summed E-state index contributed by atoms with van der Waals surface area (Å²) in [5.41, 5.74) is 14.5. The number of aromatic nitrogens is 1. The highest BCUT2D eigenvalue weighted by Gasteiger charge is 2.33. The Bertz CT molecular complexity index is 1000. The molecule has 26 heavy (non-hydrogen) atoms. The summed E-state index contributed by atoms with van der Waals surface area (Å²) in [6, 6.07) is 17.3. The lowest BCUT2D eigenvalue weighted by Gasteiger charge is -2.41. The summed E-state index contributed by atoms with van der Waals surface area (Å²) in [6.07, 6.45) is 6.95. The third-order valence-electron chi connectivity index (χ3n) is 5.72. The molecule has 0 saturated heterocycles. The topological polar surface area (TPSA) is 34.2 Å². The van der Waals surface area contributed by atoms with Crippen LogP contribution in [0.1, 0.15) is 42.9 Å². The number of benzene rings is 2. The van der Waals surface area contributed by atoms with E-state index in [9.17, 15) is 0 Å². The number of hydrogen-bond donors (Lipinski definition) is 1. The SMILES string of the molecule is Cc1cn(N2C3=C(CCCC3)C(N)c3ccccc32)c2ccccc12.Cl. The molecule has 0 saturated carbocycles. The van der Waals surface area contributed by atoms with Crippen LogP contribution in [0.15, 0.2) is 66.0 Å². The molecule has 0 fully saturated rings. The van der Waals surface area contributed by atoms with Crippen LogP contribution >= 0.6 is 12.4 Å². The molecule has 134 valence electrons. The van der Waals surface area contributed by atoms with E-state index < -0.39 is 0 Å². The number of rotatable bonds is 1. The van der Waals surface area contributed by atoms with E-state index in [-0.39, 0.29) is 18.4 Å². The Morgan fingerprint density at radius 2 is 1.69 bits per heavy atom. The van der Waals surface area contributed by atoms with Crippen LogP contribution in [0.2, 0.25) is 0 Å². The zero-order valence-corrected chi connectivity index (χ0v) is 15.8. The van der Waals surface area contributed by atoms with E-state index in [1.807, 2.05) is 0 Å². The quantitative estimate of drug-likeness (QED) is 0.619. The predicted octanol–water partition coefficient (Wildman–Crippen LogP) is 5.48. The Balaban J connectivity index is 0.00000168. The van der Waals surface area contributed by atoms with Crippen molar-refractivity contribution in [1.29, 1.82) is 0 Å². The van der Waals surface area contributed by atoms with E-state index in [0.717, 1.165) is 12.8 Å². The second kappa shape index (κ2) is 6.49. The van der Waals surface area contributed by atoms with Gasteiger partial charge >= 0.3 is 0 Å². The minimum Gasteiger partial charge on any atom is -0.320 e. The van der Waals surface area contributed by atoms with Gasteiger partial charge in [0.05, 0.1) is 17.2 Å². The molecule has 1 aliphatic carbocycles. The molecule has 4 heteroatoms. The minimum atomic E-state index is 0. The highest BCUT2D eigenvalue weighted by atomic mass is 35.5. The third kappa shape index (κ3) is 2.38. The highest BCUT2D eigenvalue weighted by molar-refractivity contribution is 5.86. The Kier molecular flexibility index (Phi) is 4.29. The van der Waals surface area contributed by atoms with E-state index in [1.54, 1.807) is 0 Å². The summed E-state index contributed by atoms with van der Waals surface area (Å²) in [6.45, 7) is 2.19. The van der Waals surface area contributed by atoms with Gasteiger partial charge in [-0.1, -0.05) is 36.4 Å². The molecule has 2 aromatic carbocycles. The monoisotopic (exact) mass is 365 g/mol. The van der Waals surface area contributed by atoms with Crippen LogP contribution in [0.5, 0.6) is 0 Å². The molecule has 2 aliphatic rings. The molecule has 0 spiro atoms. The van der Waals surface area contributed by atoms with Crippen molar-refractivity contribution in [3.63, 3.8) is 0 Å². The second-order valence-corrected chi connectivity index (χ2v) is 7.20. The van der Waals surface area contributed by atoms with Crippen LogP contribution in [-0.2, 0) is 0 Å². The van der Waals surface area contributed by atoms with Crippen LogP contribution in [0, 0.1) is 6.92 Å². The van der Waals surface area contributed by atoms with Gasteiger partial charge in [0.1, 0.15) is 0 Å². The molecular weight excluding hydrogens is 342 g/mol. The number of nitrogens with zero attached hydrogens (tertiary/aromatic N) is 2. The van der Waals surface area contributed by atoms with Crippen LogP contribution < -0.4 is 10.7 Å². The molecule has 0 amide bonds. The van der Waals surface area contributed by atoms with Crippen molar-refractivity contribution in [1.82, 2.24) is 4.68 Å². The number of para-hydroxylation sites is 2. The predicted molar refractivity (Wildman–Crippen MR) is 111 cm³/mol. The molecule has 1 atom stereocenters. The van der Waals surface area contributed by atoms with Gasteiger partial charge < -0.3 is 5.73 Å². The summed E-state index contributed by atoms with van der Waals surface area (Å²) in [5, 5.41) is 3.73. The Hall–Kier alpha value is -2.23. The van der Waals surface area contributed by atoms with E-state index in [2.05, 4.69) is 71.3 Å². The smallest absolute Gasteiger partial charge is 0.0705 e. The fraction of sp³-hybridized carbons (Fsp3) is 0.273. The third-order valence-corrected chi connectivity index (χ3v) is 5.72. The standard InChI is InChI=1S/C22H23N3.ClH/c1-15-14-24(19-11-5-2-8-16(15)19)25-20-12-6-3-9-17(20)22(23)18-10-4-7-13-21(18)25;/h2-3,5-6,8-9,11-12,14,22H,4,7,10,13,23H2,1H3;1H. The maximum atomic E-state index is 6.67. The van der Waals surface area contributed by atoms with Gasteiger partial charge in [0, 0.05) is 17.3 Å². The highest BCUT2D eigenvalue weighted by Crippen LogP contribution is 2.45. The first kappa shape index (κ1) is 17.2. The van der Waals surface area contributed by atoms with Crippen molar-refractivity contribution < 1.29 is 0 Å². The number of allylic oxidation sites excluding steroid dienone is 1. The maximum Gasteiger partial charge on any atom is 0.0705 e. The van der Waals surface area contributed by atoms with Gasteiger partial charge in [-0.05, 0) is 61.4 Å². The van der Waals surface area contributed by atoms with E-state index in [4.69, 9.17) is 5.73 Å². The van der Waals surface area contributed by atoms with Gasteiger partial charge in [0.2, 0.25) is 0 Å². The molecular formula is C22H24ClN3. The first-order valence-electron chi connectivity index (χ1n) is 9.19. The first-order valence-corrected chi connectivity index (χ1v) is 9.19. The Labute approximate surface area is 160 Å². The largest absolute Gasteiger partial charge is 0.320 e. The molecule has 2 heterocycles. The van der Waals surface area contributed by atoms with Crippen molar-refractivity contribution in [3.05, 3.63) is 77.1 Å². The fourth-order valence-electron chi connectivity index (χ4n) is 4.51. The molecule has 0 bridgehead atoms. The van der Waals surface area contributed by atoms with Gasteiger partial charge in [0.25, 0.3) is 0 Å². The van der Waals surface area contributed by atoms with Crippen LogP contribution in [0.25, 0.3) is 10.9 Å². The average molecular weight is 366 g/mol. The molecule has 1 unspecified atom stereocenters. The second-order valence-electron chi connectivity index (χ2n) is 7.20. The lowest BCUT2D eigenvalue weighted by Crippen LogP contribution is -2.37. The van der Waals surface area contributed by atoms with E-state index in [0.29, 0.717) is 0 Å². The number of anilines is 1. The van der Waals surface area contributed by atoms with Crippen molar-refractivity contribution in [2.75, 3.05) is 5.01 Å². The van der Waals surface area contributed by atoms with Gasteiger partial charge in [-0.15, -0.1) is 12.4 Å². The molecule has 3 aromatic rings. The summed E-state index contributed by atoms with van der Waals surface area (Å²) in [4.78, 5) is 0. The van der Waals surface area contributed by atoms with Crippen molar-refractivity contribution >= 4 is 29.0 Å². The number of halogens is 1. The van der Waals surface area contributed by atoms with Gasteiger partial charge in [0.15, 0.2) is 0 Å². The fourth-order valence-corrected chi connectivity index (χ4v) is 4.51. The molecule has 5 rings (SSSR count). The minimum absolute atomic E-state index is 0. The van der Waals surface area contributed by atoms with Crippen molar-refractivity contribution in [2.24, 2.45) is 5.73 Å². The zero-order valence-electron chi connectivity index (χ0n) is 15.0. The van der Waals surface area contributed by atoms with Crippen LogP contribution in [0.4, 0.5) is 5.69 Å². The van der Waals surface area contributed by atoms with Crippen LogP contribution in [-0.4, -0.2) is 4.68 Å². The molecule has 1 aromatic heterocycles. The normalized spacial score (nSPS) is 19.2. The number of nitrogens with two attached hydrogens (primary N) is 1.